The van der Waals surface area contributed by atoms with Crippen LogP contribution in [0.2, 0.25) is 5.02 Å². The average Bonchev–Trinajstić information content (AvgIpc) is 3.24. The lowest BCUT2D eigenvalue weighted by molar-refractivity contribution is -0.134. The molecule has 0 unspecified atom stereocenters. The summed E-state index contributed by atoms with van der Waals surface area (Å²) in [5, 5.41) is 2.87. The summed E-state index contributed by atoms with van der Waals surface area (Å²) in [6.07, 6.45) is 3.09. The van der Waals surface area contributed by atoms with Crippen LogP contribution in [0.4, 0.5) is 0 Å². The molecule has 108 valence electrons. The number of hydrogen-bond acceptors (Lipinski definition) is 2. The number of rotatable bonds is 2. The molecule has 2 heterocycles. The van der Waals surface area contributed by atoms with Gasteiger partial charge in [-0.2, -0.15) is 0 Å². The van der Waals surface area contributed by atoms with Crippen LogP contribution in [0.5, 0.6) is 0 Å². The van der Waals surface area contributed by atoms with E-state index in [1.807, 2.05) is 24.3 Å². The van der Waals surface area contributed by atoms with Crippen molar-refractivity contribution in [1.82, 2.24) is 4.90 Å². The molecule has 0 bridgehead atoms. The van der Waals surface area contributed by atoms with Crippen LogP contribution in [-0.4, -0.2) is 17.4 Å². The van der Waals surface area contributed by atoms with Crippen molar-refractivity contribution in [1.29, 1.82) is 0 Å². The number of benzene rings is 1. The third-order valence-corrected chi connectivity index (χ3v) is 5.61. The summed E-state index contributed by atoms with van der Waals surface area (Å²) in [4.78, 5) is 16.1. The summed E-state index contributed by atoms with van der Waals surface area (Å²) >= 11 is 7.81. The Morgan fingerprint density at radius 1 is 1.19 bits per heavy atom. The van der Waals surface area contributed by atoms with Crippen molar-refractivity contribution >= 4 is 28.8 Å². The third kappa shape index (κ3) is 2.39. The van der Waals surface area contributed by atoms with Gasteiger partial charge in [-0.05, 0) is 54.0 Å². The molecule has 0 radical (unpaired) electrons. The van der Waals surface area contributed by atoms with Crippen molar-refractivity contribution in [2.24, 2.45) is 5.92 Å². The van der Waals surface area contributed by atoms with Gasteiger partial charge in [0.2, 0.25) is 5.91 Å². The molecule has 1 saturated carbocycles. The number of fused-ring (bicyclic) bond motifs is 1. The number of hydrogen-bond donors (Lipinski definition) is 0. The Balaban J connectivity index is 1.77. The van der Waals surface area contributed by atoms with Gasteiger partial charge in [-0.15, -0.1) is 11.3 Å². The van der Waals surface area contributed by atoms with Crippen LogP contribution >= 0.6 is 22.9 Å². The minimum absolute atomic E-state index is 0.0605. The highest BCUT2D eigenvalue weighted by molar-refractivity contribution is 7.10. The molecule has 0 N–H and O–H groups in total. The Kier molecular flexibility index (Phi) is 3.27. The molecule has 1 amide bonds. The molecule has 0 saturated heterocycles. The lowest BCUT2D eigenvalue weighted by atomic mass is 9.93. The van der Waals surface area contributed by atoms with E-state index in [1.54, 1.807) is 11.3 Å². The molecule has 1 atom stereocenters. The Labute approximate surface area is 133 Å². The molecule has 1 aliphatic heterocycles. The lowest BCUT2D eigenvalue weighted by Gasteiger charge is -2.36. The number of carbonyl (C=O) groups is 1. The highest BCUT2D eigenvalue weighted by Crippen LogP contribution is 2.41. The van der Waals surface area contributed by atoms with E-state index in [2.05, 4.69) is 16.3 Å². The molecule has 21 heavy (non-hydrogen) atoms. The summed E-state index contributed by atoms with van der Waals surface area (Å²) in [6.45, 7) is 0.830. The zero-order valence-electron chi connectivity index (χ0n) is 11.6. The smallest absolute Gasteiger partial charge is 0.226 e. The monoisotopic (exact) mass is 317 g/mol. The largest absolute Gasteiger partial charge is 0.331 e. The molecule has 1 aromatic heterocycles. The van der Waals surface area contributed by atoms with Crippen LogP contribution in [0.3, 0.4) is 0 Å². The summed E-state index contributed by atoms with van der Waals surface area (Å²) in [7, 11) is 0. The van der Waals surface area contributed by atoms with Gasteiger partial charge in [0.1, 0.15) is 0 Å². The normalized spacial score (nSPS) is 21.2. The Bertz CT molecular complexity index is 674. The van der Waals surface area contributed by atoms with E-state index in [0.29, 0.717) is 5.91 Å². The van der Waals surface area contributed by atoms with Gasteiger partial charge >= 0.3 is 0 Å². The fraction of sp³-hybridized carbons (Fsp3) is 0.353. The van der Waals surface area contributed by atoms with E-state index < -0.39 is 0 Å². The van der Waals surface area contributed by atoms with Gasteiger partial charge < -0.3 is 4.90 Å². The van der Waals surface area contributed by atoms with Crippen molar-refractivity contribution in [3.8, 4) is 0 Å². The molecule has 1 aliphatic carbocycles. The van der Waals surface area contributed by atoms with Crippen molar-refractivity contribution in [3.63, 3.8) is 0 Å². The second-order valence-corrected chi connectivity index (χ2v) is 7.25. The van der Waals surface area contributed by atoms with Gasteiger partial charge in [0.05, 0.1) is 6.04 Å². The van der Waals surface area contributed by atoms with Crippen molar-refractivity contribution < 1.29 is 4.79 Å². The quantitative estimate of drug-likeness (QED) is 0.809. The van der Waals surface area contributed by atoms with Crippen LogP contribution in [0, 0.1) is 5.92 Å². The van der Waals surface area contributed by atoms with Gasteiger partial charge in [0, 0.05) is 22.4 Å². The van der Waals surface area contributed by atoms with E-state index in [0.717, 1.165) is 36.4 Å². The van der Waals surface area contributed by atoms with Gasteiger partial charge in [0.25, 0.3) is 0 Å². The first-order chi connectivity index (χ1) is 10.2. The average molecular weight is 318 g/mol. The summed E-state index contributed by atoms with van der Waals surface area (Å²) in [5.41, 5.74) is 2.45. The first kappa shape index (κ1) is 13.4. The van der Waals surface area contributed by atoms with Crippen LogP contribution in [-0.2, 0) is 11.2 Å². The predicted octanol–water partition coefficient (Wildman–Crippen LogP) is 4.29. The van der Waals surface area contributed by atoms with Gasteiger partial charge in [0.15, 0.2) is 0 Å². The number of carbonyl (C=O) groups excluding carboxylic acids is 1. The summed E-state index contributed by atoms with van der Waals surface area (Å²) in [5.74, 6) is 0.590. The predicted molar refractivity (Wildman–Crippen MR) is 85.8 cm³/mol. The van der Waals surface area contributed by atoms with Gasteiger partial charge in [-0.3, -0.25) is 4.79 Å². The summed E-state index contributed by atoms with van der Waals surface area (Å²) in [6, 6.07) is 10.2. The molecular formula is C17H16ClNOS. The number of halogens is 1. The first-order valence-corrected chi connectivity index (χ1v) is 8.62. The molecule has 1 aromatic carbocycles. The first-order valence-electron chi connectivity index (χ1n) is 7.36. The number of thiophene rings is 1. The van der Waals surface area contributed by atoms with Crippen LogP contribution in [0.15, 0.2) is 35.7 Å². The van der Waals surface area contributed by atoms with Crippen LogP contribution < -0.4 is 0 Å². The summed E-state index contributed by atoms with van der Waals surface area (Å²) < 4.78 is 0. The van der Waals surface area contributed by atoms with Gasteiger partial charge in [-0.25, -0.2) is 0 Å². The fourth-order valence-electron chi connectivity index (χ4n) is 3.12. The minimum Gasteiger partial charge on any atom is -0.331 e. The van der Waals surface area contributed by atoms with E-state index in [-0.39, 0.29) is 12.0 Å². The molecule has 2 aromatic rings. The maximum Gasteiger partial charge on any atom is 0.226 e. The zero-order chi connectivity index (χ0) is 14.4. The van der Waals surface area contributed by atoms with Crippen molar-refractivity contribution in [2.75, 3.05) is 6.54 Å². The minimum atomic E-state index is 0.0605. The molecule has 2 aliphatic rings. The lowest BCUT2D eigenvalue weighted by Crippen LogP contribution is -2.40. The maximum absolute atomic E-state index is 12.6. The van der Waals surface area contributed by atoms with E-state index in [1.165, 1.54) is 10.4 Å². The highest BCUT2D eigenvalue weighted by atomic mass is 35.5. The van der Waals surface area contributed by atoms with Crippen LogP contribution in [0.25, 0.3) is 0 Å². The number of nitrogens with zero attached hydrogens (tertiary/aromatic N) is 1. The second kappa shape index (κ2) is 5.15. The maximum atomic E-state index is 12.6. The molecule has 0 spiro atoms. The van der Waals surface area contributed by atoms with Crippen molar-refractivity contribution in [2.45, 2.75) is 25.3 Å². The topological polar surface area (TPSA) is 20.3 Å². The molecule has 2 nitrogen and oxygen atoms in total. The van der Waals surface area contributed by atoms with E-state index in [9.17, 15) is 4.79 Å². The van der Waals surface area contributed by atoms with Gasteiger partial charge in [-0.1, -0.05) is 23.7 Å². The number of amides is 1. The SMILES string of the molecule is O=C(C1CC1)N1CCc2sccc2[C@H]1c1ccc(Cl)cc1. The Morgan fingerprint density at radius 3 is 2.67 bits per heavy atom. The Morgan fingerprint density at radius 2 is 1.95 bits per heavy atom. The zero-order valence-corrected chi connectivity index (χ0v) is 13.2. The standard InChI is InChI=1S/C17H16ClNOS/c18-13-5-3-11(4-6-13)16-14-8-10-21-15(14)7-9-19(16)17(20)12-1-2-12/h3-6,8,10,12,16H,1-2,7,9H2/t16-/m1/s1. The Hall–Kier alpha value is -1.32. The van der Waals surface area contributed by atoms with Crippen LogP contribution in [0.1, 0.15) is 34.9 Å². The van der Waals surface area contributed by atoms with Crippen molar-refractivity contribution in [3.05, 3.63) is 56.7 Å². The molecule has 1 fully saturated rings. The third-order valence-electron chi connectivity index (χ3n) is 4.36. The molecular weight excluding hydrogens is 302 g/mol. The highest BCUT2D eigenvalue weighted by Gasteiger charge is 2.39. The van der Waals surface area contributed by atoms with E-state index in [4.69, 9.17) is 11.6 Å². The molecule has 4 heteroatoms. The second-order valence-electron chi connectivity index (χ2n) is 5.81. The fourth-order valence-corrected chi connectivity index (χ4v) is 4.15. The molecule has 4 rings (SSSR count). The van der Waals surface area contributed by atoms with E-state index >= 15 is 0 Å².